The third-order valence-corrected chi connectivity index (χ3v) is 5.67. The molecule has 4 aromatic rings. The average Bonchev–Trinajstić information content (AvgIpc) is 3.10. The molecule has 2 aromatic heterocycles. The van der Waals surface area contributed by atoms with Crippen LogP contribution in [0.25, 0.3) is 21.5 Å². The summed E-state index contributed by atoms with van der Waals surface area (Å²) in [5.41, 5.74) is 8.68. The van der Waals surface area contributed by atoms with Gasteiger partial charge in [-0.2, -0.15) is 0 Å². The van der Waals surface area contributed by atoms with Crippen molar-refractivity contribution in [2.75, 3.05) is 18.2 Å². The molecule has 2 aromatic carbocycles. The zero-order valence-electron chi connectivity index (χ0n) is 15.9. The number of carbonyl (C=O) groups is 2. The third-order valence-electron chi connectivity index (χ3n) is 4.55. The number of nitrogen functional groups attached to an aromatic ring is 1. The van der Waals surface area contributed by atoms with Gasteiger partial charge in [-0.1, -0.05) is 6.07 Å². The fourth-order valence-corrected chi connectivity index (χ4v) is 4.00. The van der Waals surface area contributed by atoms with E-state index in [1.807, 2.05) is 36.4 Å². The third kappa shape index (κ3) is 3.68. The Hall–Kier alpha value is -3.91. The van der Waals surface area contributed by atoms with Crippen LogP contribution in [0, 0.1) is 0 Å². The number of carboxylic acid groups (broad SMARTS) is 1. The molecule has 0 bridgehead atoms. The number of thiophene rings is 1. The second kappa shape index (κ2) is 7.84. The van der Waals surface area contributed by atoms with Crippen molar-refractivity contribution in [3.05, 3.63) is 71.1 Å². The fraction of sp³-hybridized carbons (Fsp3) is 0.0455. The summed E-state index contributed by atoms with van der Waals surface area (Å²) in [5, 5.41) is 12.5. The maximum atomic E-state index is 12.7. The zero-order chi connectivity index (χ0) is 21.3. The standard InChI is InChI=1S/C22H17N3O4S/c1-29-15-7-5-12(6-8-15)17-10-9-16-18(23)19(30-21(16)25-17)20(26)24-14-4-2-3-13(11-14)22(27)28/h2-11H,23H2,1H3,(H,24,26)(H,27,28). The molecule has 0 radical (unpaired) electrons. The number of nitrogens with two attached hydrogens (primary N) is 1. The first-order valence-corrected chi connectivity index (χ1v) is 9.76. The van der Waals surface area contributed by atoms with Crippen LogP contribution in [0.4, 0.5) is 11.4 Å². The molecule has 0 aliphatic heterocycles. The van der Waals surface area contributed by atoms with Gasteiger partial charge in [-0.3, -0.25) is 4.79 Å². The Morgan fingerprint density at radius 1 is 1.10 bits per heavy atom. The summed E-state index contributed by atoms with van der Waals surface area (Å²) in [4.78, 5) is 29.5. The Kier molecular flexibility index (Phi) is 5.07. The van der Waals surface area contributed by atoms with Crippen LogP contribution < -0.4 is 15.8 Å². The number of aromatic nitrogens is 1. The van der Waals surface area contributed by atoms with Gasteiger partial charge in [0.05, 0.1) is 24.1 Å². The van der Waals surface area contributed by atoms with E-state index in [1.54, 1.807) is 19.2 Å². The monoisotopic (exact) mass is 419 g/mol. The van der Waals surface area contributed by atoms with Crippen LogP contribution in [0.5, 0.6) is 5.75 Å². The number of carboxylic acids is 1. The number of hydrogen-bond donors (Lipinski definition) is 3. The maximum Gasteiger partial charge on any atom is 0.335 e. The van der Waals surface area contributed by atoms with Gasteiger partial charge in [0.1, 0.15) is 15.5 Å². The summed E-state index contributed by atoms with van der Waals surface area (Å²) >= 11 is 1.19. The summed E-state index contributed by atoms with van der Waals surface area (Å²) in [5.74, 6) is -0.724. The molecule has 7 nitrogen and oxygen atoms in total. The molecule has 0 unspecified atom stereocenters. The Bertz CT molecular complexity index is 1270. The summed E-state index contributed by atoms with van der Waals surface area (Å²) in [6, 6.07) is 17.3. The summed E-state index contributed by atoms with van der Waals surface area (Å²) in [6.07, 6.45) is 0. The number of methoxy groups -OCH3 is 1. The van der Waals surface area contributed by atoms with Gasteiger partial charge in [0.2, 0.25) is 0 Å². The lowest BCUT2D eigenvalue weighted by atomic mass is 10.1. The van der Waals surface area contributed by atoms with Crippen molar-refractivity contribution in [3.8, 4) is 17.0 Å². The molecular formula is C22H17N3O4S. The summed E-state index contributed by atoms with van der Waals surface area (Å²) in [6.45, 7) is 0. The number of pyridine rings is 1. The molecule has 4 rings (SSSR count). The Labute approximate surface area is 175 Å². The molecule has 0 fully saturated rings. The van der Waals surface area contributed by atoms with Gasteiger partial charge in [0.15, 0.2) is 0 Å². The van der Waals surface area contributed by atoms with E-state index in [9.17, 15) is 9.59 Å². The predicted octanol–water partition coefficient (Wildman–Crippen LogP) is 4.50. The highest BCUT2D eigenvalue weighted by molar-refractivity contribution is 7.21. The van der Waals surface area contributed by atoms with Gasteiger partial charge in [0.25, 0.3) is 5.91 Å². The number of hydrogen-bond acceptors (Lipinski definition) is 6. The Morgan fingerprint density at radius 3 is 2.57 bits per heavy atom. The minimum Gasteiger partial charge on any atom is -0.497 e. The molecule has 0 spiro atoms. The number of nitrogens with zero attached hydrogens (tertiary/aromatic N) is 1. The Balaban J connectivity index is 1.64. The number of rotatable bonds is 5. The molecule has 1 amide bonds. The van der Waals surface area contributed by atoms with E-state index in [-0.39, 0.29) is 5.56 Å². The molecule has 2 heterocycles. The smallest absolute Gasteiger partial charge is 0.335 e. The molecule has 0 saturated heterocycles. The van der Waals surface area contributed by atoms with Crippen LogP contribution in [0.3, 0.4) is 0 Å². The molecular weight excluding hydrogens is 402 g/mol. The molecule has 8 heteroatoms. The second-order valence-corrected chi connectivity index (χ2v) is 7.46. The Morgan fingerprint density at radius 2 is 1.87 bits per heavy atom. The average molecular weight is 419 g/mol. The van der Waals surface area contributed by atoms with Gasteiger partial charge < -0.3 is 20.9 Å². The van der Waals surface area contributed by atoms with E-state index >= 15 is 0 Å². The topological polar surface area (TPSA) is 115 Å². The van der Waals surface area contributed by atoms with Crippen molar-refractivity contribution in [2.45, 2.75) is 0 Å². The number of nitrogens with one attached hydrogen (secondary N) is 1. The van der Waals surface area contributed by atoms with Gasteiger partial charge >= 0.3 is 5.97 Å². The summed E-state index contributed by atoms with van der Waals surface area (Å²) in [7, 11) is 1.61. The van der Waals surface area contributed by atoms with E-state index in [2.05, 4.69) is 10.3 Å². The molecule has 0 saturated carbocycles. The molecule has 0 aliphatic carbocycles. The maximum absolute atomic E-state index is 12.7. The van der Waals surface area contributed by atoms with E-state index in [0.29, 0.717) is 26.5 Å². The number of amides is 1. The van der Waals surface area contributed by atoms with Crippen molar-refractivity contribution in [3.63, 3.8) is 0 Å². The van der Waals surface area contributed by atoms with E-state index in [1.165, 1.54) is 23.5 Å². The van der Waals surface area contributed by atoms with Gasteiger partial charge in [0, 0.05) is 16.6 Å². The van der Waals surface area contributed by atoms with Crippen LogP contribution in [-0.4, -0.2) is 29.1 Å². The molecule has 150 valence electrons. The number of anilines is 2. The first-order chi connectivity index (χ1) is 14.5. The van der Waals surface area contributed by atoms with Crippen molar-refractivity contribution in [1.29, 1.82) is 0 Å². The van der Waals surface area contributed by atoms with Gasteiger partial charge in [-0.05, 0) is 54.6 Å². The first-order valence-electron chi connectivity index (χ1n) is 8.94. The highest BCUT2D eigenvalue weighted by Gasteiger charge is 2.18. The van der Waals surface area contributed by atoms with Gasteiger partial charge in [-0.25, -0.2) is 9.78 Å². The van der Waals surface area contributed by atoms with Crippen LogP contribution in [0.2, 0.25) is 0 Å². The quantitative estimate of drug-likeness (QED) is 0.439. The van der Waals surface area contributed by atoms with Gasteiger partial charge in [-0.15, -0.1) is 11.3 Å². The number of aromatic carboxylic acids is 1. The van der Waals surface area contributed by atoms with Crippen LogP contribution in [0.1, 0.15) is 20.0 Å². The predicted molar refractivity (Wildman–Crippen MR) is 117 cm³/mol. The highest BCUT2D eigenvalue weighted by atomic mass is 32.1. The van der Waals surface area contributed by atoms with Crippen LogP contribution >= 0.6 is 11.3 Å². The first kappa shape index (κ1) is 19.4. The molecule has 4 N–H and O–H groups in total. The van der Waals surface area contributed by atoms with Crippen molar-refractivity contribution in [1.82, 2.24) is 4.98 Å². The normalized spacial score (nSPS) is 10.7. The lowest BCUT2D eigenvalue weighted by molar-refractivity contribution is 0.0696. The highest BCUT2D eigenvalue weighted by Crippen LogP contribution is 2.35. The number of ether oxygens (including phenoxy) is 1. The van der Waals surface area contributed by atoms with Crippen molar-refractivity contribution >= 4 is 44.8 Å². The number of benzene rings is 2. The minimum absolute atomic E-state index is 0.0860. The van der Waals surface area contributed by atoms with Crippen LogP contribution in [0.15, 0.2) is 60.7 Å². The van der Waals surface area contributed by atoms with Crippen molar-refractivity contribution < 1.29 is 19.4 Å². The zero-order valence-corrected chi connectivity index (χ0v) is 16.7. The minimum atomic E-state index is -1.07. The number of carbonyl (C=O) groups excluding carboxylic acids is 1. The second-order valence-electron chi connectivity index (χ2n) is 6.46. The largest absolute Gasteiger partial charge is 0.497 e. The van der Waals surface area contributed by atoms with E-state index in [0.717, 1.165) is 17.0 Å². The molecule has 30 heavy (non-hydrogen) atoms. The molecule has 0 aliphatic rings. The van der Waals surface area contributed by atoms with E-state index in [4.69, 9.17) is 15.6 Å². The lowest BCUT2D eigenvalue weighted by Gasteiger charge is -2.05. The summed E-state index contributed by atoms with van der Waals surface area (Å²) < 4.78 is 5.18. The van der Waals surface area contributed by atoms with Crippen LogP contribution in [-0.2, 0) is 0 Å². The van der Waals surface area contributed by atoms with E-state index < -0.39 is 11.9 Å². The SMILES string of the molecule is COc1ccc(-c2ccc3c(N)c(C(=O)Nc4cccc(C(=O)O)c4)sc3n2)cc1. The fourth-order valence-electron chi connectivity index (χ4n) is 3.01. The lowest BCUT2D eigenvalue weighted by Crippen LogP contribution is -2.12. The van der Waals surface area contributed by atoms with Crippen molar-refractivity contribution in [2.24, 2.45) is 0 Å². The molecule has 0 atom stereocenters. The number of fused-ring (bicyclic) bond motifs is 1.